The molecule has 1 unspecified atom stereocenters. The largest absolute Gasteiger partial charge is 0.467 e. The lowest BCUT2D eigenvalue weighted by Crippen LogP contribution is -2.53. The minimum atomic E-state index is -0.517. The van der Waals surface area contributed by atoms with Crippen molar-refractivity contribution in [3.63, 3.8) is 0 Å². The lowest BCUT2D eigenvalue weighted by Gasteiger charge is -2.36. The number of nitrogens with one attached hydrogen (secondary N) is 1. The fourth-order valence-corrected chi connectivity index (χ4v) is 3.74. The summed E-state index contributed by atoms with van der Waals surface area (Å²) >= 11 is 0. The maximum Gasteiger partial charge on any atom is 0.253 e. The Labute approximate surface area is 164 Å². The van der Waals surface area contributed by atoms with E-state index in [0.717, 1.165) is 6.42 Å². The first-order valence-corrected chi connectivity index (χ1v) is 9.67. The van der Waals surface area contributed by atoms with E-state index in [4.69, 9.17) is 9.15 Å². The Morgan fingerprint density at radius 2 is 1.96 bits per heavy atom. The van der Waals surface area contributed by atoms with Gasteiger partial charge in [0.15, 0.2) is 0 Å². The number of fused-ring (bicyclic) bond motifs is 1. The molecule has 28 heavy (non-hydrogen) atoms. The van der Waals surface area contributed by atoms with Crippen molar-refractivity contribution in [1.29, 1.82) is 0 Å². The van der Waals surface area contributed by atoms with Crippen LogP contribution in [-0.4, -0.2) is 60.5 Å². The zero-order chi connectivity index (χ0) is 19.3. The van der Waals surface area contributed by atoms with Crippen molar-refractivity contribution in [3.8, 4) is 0 Å². The predicted molar refractivity (Wildman–Crippen MR) is 102 cm³/mol. The number of morpholine rings is 1. The molecule has 3 heterocycles. The highest BCUT2D eigenvalue weighted by Crippen LogP contribution is 2.20. The van der Waals surface area contributed by atoms with Crippen molar-refractivity contribution in [2.45, 2.75) is 25.6 Å². The van der Waals surface area contributed by atoms with Crippen LogP contribution in [0.3, 0.4) is 0 Å². The van der Waals surface area contributed by atoms with Gasteiger partial charge in [-0.15, -0.1) is 0 Å². The molecule has 1 saturated heterocycles. The zero-order valence-electron chi connectivity index (χ0n) is 15.8. The molecule has 0 spiro atoms. The summed E-state index contributed by atoms with van der Waals surface area (Å²) in [6.07, 6.45) is 1.93. The Bertz CT molecular complexity index is 821. The van der Waals surface area contributed by atoms with Crippen LogP contribution in [-0.2, 0) is 33.8 Å². The van der Waals surface area contributed by atoms with Gasteiger partial charge in [-0.25, -0.2) is 0 Å². The number of carbonyl (C=O) groups is 2. The second kappa shape index (κ2) is 8.58. The second-order valence-corrected chi connectivity index (χ2v) is 7.23. The quantitative estimate of drug-likeness (QED) is 0.839. The van der Waals surface area contributed by atoms with Crippen LogP contribution < -0.4 is 5.32 Å². The first kappa shape index (κ1) is 18.7. The third-order valence-corrected chi connectivity index (χ3v) is 5.28. The summed E-state index contributed by atoms with van der Waals surface area (Å²) in [7, 11) is 0. The average molecular weight is 383 g/mol. The fraction of sp³-hybridized carbons (Fsp3) is 0.429. The molecule has 2 aromatic rings. The molecule has 7 nitrogen and oxygen atoms in total. The Morgan fingerprint density at radius 3 is 2.79 bits per heavy atom. The van der Waals surface area contributed by atoms with Gasteiger partial charge >= 0.3 is 0 Å². The lowest BCUT2D eigenvalue weighted by molar-refractivity contribution is -0.151. The Balaban J connectivity index is 1.28. The zero-order valence-corrected chi connectivity index (χ0v) is 15.8. The predicted octanol–water partition coefficient (Wildman–Crippen LogP) is 1.18. The third-order valence-electron chi connectivity index (χ3n) is 5.28. The van der Waals surface area contributed by atoms with Crippen LogP contribution in [0.15, 0.2) is 47.1 Å². The minimum Gasteiger partial charge on any atom is -0.467 e. The molecule has 2 amide bonds. The molecule has 1 aromatic carbocycles. The van der Waals surface area contributed by atoms with Crippen molar-refractivity contribution in [2.75, 3.05) is 32.8 Å². The average Bonchev–Trinajstić information content (AvgIpc) is 3.25. The summed E-state index contributed by atoms with van der Waals surface area (Å²) < 4.78 is 10.9. The van der Waals surface area contributed by atoms with E-state index in [1.54, 1.807) is 12.3 Å². The van der Waals surface area contributed by atoms with E-state index < -0.39 is 6.10 Å². The van der Waals surface area contributed by atoms with E-state index >= 15 is 0 Å². The molecule has 1 atom stereocenters. The van der Waals surface area contributed by atoms with Crippen molar-refractivity contribution >= 4 is 11.8 Å². The number of ether oxygens (including phenoxy) is 1. The number of carbonyl (C=O) groups excluding carboxylic acids is 2. The standard InChI is InChI=1S/C21H25N3O4/c25-20(22-12-18-6-3-10-27-18)15-23-9-11-28-19(14-23)21(26)24-8-7-16-4-1-2-5-17(16)13-24/h1-6,10,19H,7-9,11-15H2,(H,22,25). The van der Waals surface area contributed by atoms with Gasteiger partial charge in [0, 0.05) is 26.2 Å². The number of furan rings is 1. The summed E-state index contributed by atoms with van der Waals surface area (Å²) in [5, 5.41) is 2.84. The minimum absolute atomic E-state index is 0.00944. The van der Waals surface area contributed by atoms with E-state index in [-0.39, 0.29) is 18.4 Å². The highest BCUT2D eigenvalue weighted by molar-refractivity contribution is 5.82. The number of hydrogen-bond donors (Lipinski definition) is 1. The van der Waals surface area contributed by atoms with Gasteiger partial charge < -0.3 is 19.4 Å². The van der Waals surface area contributed by atoms with Crippen LogP contribution in [0, 0.1) is 0 Å². The molecule has 0 saturated carbocycles. The third kappa shape index (κ3) is 4.43. The van der Waals surface area contributed by atoms with Crippen molar-refractivity contribution in [1.82, 2.24) is 15.1 Å². The molecule has 7 heteroatoms. The van der Waals surface area contributed by atoms with Crippen LogP contribution in [0.4, 0.5) is 0 Å². The highest BCUT2D eigenvalue weighted by Gasteiger charge is 2.32. The summed E-state index contributed by atoms with van der Waals surface area (Å²) in [6, 6.07) is 11.9. The smallest absolute Gasteiger partial charge is 0.253 e. The van der Waals surface area contributed by atoms with Crippen LogP contribution >= 0.6 is 0 Å². The SMILES string of the molecule is O=C(CN1CCOC(C(=O)N2CCc3ccccc3C2)C1)NCc1ccco1. The van der Waals surface area contributed by atoms with Crippen LogP contribution in [0.25, 0.3) is 0 Å². The molecule has 2 aliphatic rings. The first-order chi connectivity index (χ1) is 13.7. The Hall–Kier alpha value is -2.64. The normalized spacial score (nSPS) is 19.9. The van der Waals surface area contributed by atoms with Crippen LogP contribution in [0.1, 0.15) is 16.9 Å². The maximum atomic E-state index is 12.9. The van der Waals surface area contributed by atoms with Gasteiger partial charge in [0.05, 0.1) is 26.0 Å². The summed E-state index contributed by atoms with van der Waals surface area (Å²) in [4.78, 5) is 29.0. The molecule has 1 N–H and O–H groups in total. The van der Waals surface area contributed by atoms with Crippen LogP contribution in [0.2, 0.25) is 0 Å². The van der Waals surface area contributed by atoms with E-state index in [1.807, 2.05) is 28.0 Å². The van der Waals surface area contributed by atoms with Gasteiger partial charge in [0.25, 0.3) is 5.91 Å². The van der Waals surface area contributed by atoms with Crippen molar-refractivity contribution < 1.29 is 18.7 Å². The van der Waals surface area contributed by atoms with Gasteiger partial charge in [-0.05, 0) is 29.7 Å². The second-order valence-electron chi connectivity index (χ2n) is 7.23. The molecule has 148 valence electrons. The van der Waals surface area contributed by atoms with Gasteiger partial charge in [-0.3, -0.25) is 14.5 Å². The van der Waals surface area contributed by atoms with Gasteiger partial charge in [0.1, 0.15) is 11.9 Å². The van der Waals surface area contributed by atoms with Crippen LogP contribution in [0.5, 0.6) is 0 Å². The summed E-state index contributed by atoms with van der Waals surface area (Å²) in [5.41, 5.74) is 2.51. The molecular formula is C21H25N3O4. The molecule has 0 radical (unpaired) electrons. The van der Waals surface area contributed by atoms with E-state index in [0.29, 0.717) is 45.1 Å². The number of amides is 2. The summed E-state index contributed by atoms with van der Waals surface area (Å²) in [6.45, 7) is 3.47. The molecular weight excluding hydrogens is 358 g/mol. The maximum absolute atomic E-state index is 12.9. The lowest BCUT2D eigenvalue weighted by atomic mass is 9.99. The van der Waals surface area contributed by atoms with Gasteiger partial charge in [-0.1, -0.05) is 24.3 Å². The van der Waals surface area contributed by atoms with E-state index in [9.17, 15) is 9.59 Å². The number of nitrogens with zero attached hydrogens (tertiary/aromatic N) is 2. The number of benzene rings is 1. The Morgan fingerprint density at radius 1 is 1.11 bits per heavy atom. The van der Waals surface area contributed by atoms with Crippen molar-refractivity contribution in [3.05, 3.63) is 59.5 Å². The van der Waals surface area contributed by atoms with Crippen molar-refractivity contribution in [2.24, 2.45) is 0 Å². The monoisotopic (exact) mass is 383 g/mol. The topological polar surface area (TPSA) is 75.0 Å². The van der Waals surface area contributed by atoms with Gasteiger partial charge in [0.2, 0.25) is 5.91 Å². The summed E-state index contributed by atoms with van der Waals surface area (Å²) in [5.74, 6) is 0.639. The number of rotatable bonds is 5. The molecule has 0 aliphatic carbocycles. The molecule has 0 bridgehead atoms. The van der Waals surface area contributed by atoms with E-state index in [1.165, 1.54) is 11.1 Å². The highest BCUT2D eigenvalue weighted by atomic mass is 16.5. The first-order valence-electron chi connectivity index (χ1n) is 9.67. The molecule has 4 rings (SSSR count). The Kier molecular flexibility index (Phi) is 5.73. The van der Waals surface area contributed by atoms with E-state index in [2.05, 4.69) is 17.4 Å². The van der Waals surface area contributed by atoms with Gasteiger partial charge in [-0.2, -0.15) is 0 Å². The molecule has 1 aromatic heterocycles. The fourth-order valence-electron chi connectivity index (χ4n) is 3.74. The molecule has 2 aliphatic heterocycles. The number of hydrogen-bond acceptors (Lipinski definition) is 5. The molecule has 1 fully saturated rings.